The van der Waals surface area contributed by atoms with Crippen LogP contribution in [0.5, 0.6) is 0 Å². The van der Waals surface area contributed by atoms with E-state index in [4.69, 9.17) is 8.83 Å². The van der Waals surface area contributed by atoms with Crippen molar-refractivity contribution in [2.24, 2.45) is 0 Å². The van der Waals surface area contributed by atoms with Gasteiger partial charge in [0.05, 0.1) is 0 Å². The molecule has 0 amide bonds. The van der Waals surface area contributed by atoms with Gasteiger partial charge in [-0.3, -0.25) is 4.98 Å². The molecule has 0 spiro atoms. The van der Waals surface area contributed by atoms with Gasteiger partial charge in [0.1, 0.15) is 22.2 Å². The fourth-order valence-corrected chi connectivity index (χ4v) is 13.6. The number of furan rings is 2. The Morgan fingerprint density at radius 1 is 0.457 bits per heavy atom. The number of fused-ring (bicyclic) bond motifs is 20. The van der Waals surface area contributed by atoms with Crippen LogP contribution in [0.4, 0.5) is 17.1 Å². The van der Waals surface area contributed by atoms with Gasteiger partial charge in [0.25, 0.3) is 0 Å². The summed E-state index contributed by atoms with van der Waals surface area (Å²) < 4.78 is 13.9. The number of aromatic nitrogens is 1. The fourth-order valence-electron chi connectivity index (χ4n) is 13.6. The highest BCUT2D eigenvalue weighted by atomic mass is 16.3. The molecule has 4 nitrogen and oxygen atoms in total. The minimum atomic E-state index is -0.343. The molecule has 3 heterocycles. The third-order valence-electron chi connectivity index (χ3n) is 16.9. The quantitative estimate of drug-likeness (QED) is 0.176. The molecule has 0 fully saturated rings. The van der Waals surface area contributed by atoms with Gasteiger partial charge in [-0.05, 0) is 157 Å². The largest absolute Gasteiger partial charge is 0.456 e. The van der Waals surface area contributed by atoms with Crippen LogP contribution in [-0.4, -0.2) is 4.98 Å². The Morgan fingerprint density at radius 2 is 1.09 bits per heavy atom. The van der Waals surface area contributed by atoms with Gasteiger partial charge in [-0.2, -0.15) is 0 Å². The van der Waals surface area contributed by atoms with Crippen molar-refractivity contribution in [2.75, 3.05) is 4.90 Å². The van der Waals surface area contributed by atoms with Crippen molar-refractivity contribution < 1.29 is 8.83 Å². The van der Waals surface area contributed by atoms with E-state index in [1.54, 1.807) is 0 Å². The van der Waals surface area contributed by atoms with Crippen molar-refractivity contribution in [3.05, 3.63) is 202 Å². The van der Waals surface area contributed by atoms with Gasteiger partial charge in [0.15, 0.2) is 0 Å². The molecule has 3 aromatic heterocycles. The van der Waals surface area contributed by atoms with Crippen LogP contribution in [-0.2, 0) is 16.2 Å². The van der Waals surface area contributed by atoms with E-state index in [0.717, 1.165) is 63.2 Å². The van der Waals surface area contributed by atoms with Crippen molar-refractivity contribution in [3.63, 3.8) is 0 Å². The van der Waals surface area contributed by atoms with Crippen molar-refractivity contribution in [1.29, 1.82) is 0 Å². The SMILES string of the molecule is CC1(C)c2cc(N(c3ccc4c(c3)C(C)(C)c3c5c(c6c(oc7ccccc76)c3-4)-c3ccccc3C5(C)C)c3ccc4ccccc4c3)ccc2-c2c1cc(-c1ccncc1)c1oc3c(c21)=CCCC=3. The molecule has 0 atom stereocenters. The highest BCUT2D eigenvalue weighted by Crippen LogP contribution is 2.64. The molecule has 336 valence electrons. The first kappa shape index (κ1) is 40.0. The average Bonchev–Trinajstić information content (AvgIpc) is 4.13. The highest BCUT2D eigenvalue weighted by Gasteiger charge is 2.49. The normalized spacial score (nSPS) is 16.0. The third kappa shape index (κ3) is 5.08. The van der Waals surface area contributed by atoms with Gasteiger partial charge in [-0.25, -0.2) is 0 Å². The fraction of sp³-hybridized carbons (Fsp3) is 0.167. The Bertz CT molecular complexity index is 4270. The van der Waals surface area contributed by atoms with E-state index in [1.807, 2.05) is 12.4 Å². The molecule has 15 rings (SSSR count). The van der Waals surface area contributed by atoms with Crippen LogP contribution in [0, 0.1) is 0 Å². The molecule has 0 saturated carbocycles. The predicted octanol–water partition coefficient (Wildman–Crippen LogP) is 16.3. The Hall–Kier alpha value is -7.95. The van der Waals surface area contributed by atoms with E-state index >= 15 is 0 Å². The number of rotatable bonds is 4. The van der Waals surface area contributed by atoms with E-state index in [0.29, 0.717) is 0 Å². The Kier molecular flexibility index (Phi) is 7.79. The molecule has 70 heavy (non-hydrogen) atoms. The minimum Gasteiger partial charge on any atom is -0.456 e. The monoisotopic (exact) mass is 902 g/mol. The summed E-state index contributed by atoms with van der Waals surface area (Å²) in [5.74, 6) is 0. The van der Waals surface area contributed by atoms with Crippen molar-refractivity contribution in [1.82, 2.24) is 4.98 Å². The topological polar surface area (TPSA) is 42.4 Å². The first-order chi connectivity index (χ1) is 34.0. The first-order valence-corrected chi connectivity index (χ1v) is 24.9. The first-order valence-electron chi connectivity index (χ1n) is 24.9. The predicted molar refractivity (Wildman–Crippen MR) is 289 cm³/mol. The van der Waals surface area contributed by atoms with Gasteiger partial charge in [0, 0.05) is 78.2 Å². The lowest BCUT2D eigenvalue weighted by atomic mass is 9.72. The summed E-state index contributed by atoms with van der Waals surface area (Å²) in [5, 5.41) is 7.28. The van der Waals surface area contributed by atoms with Crippen LogP contribution < -0.4 is 15.5 Å². The zero-order valence-electron chi connectivity index (χ0n) is 40.3. The molecule has 11 aromatic rings. The van der Waals surface area contributed by atoms with Crippen molar-refractivity contribution >= 4 is 72.9 Å². The second-order valence-electron chi connectivity index (χ2n) is 21.7. The number of hydrogen-bond acceptors (Lipinski definition) is 4. The summed E-state index contributed by atoms with van der Waals surface area (Å²) in [4.78, 5) is 6.87. The molecule has 4 aliphatic carbocycles. The van der Waals surface area contributed by atoms with E-state index in [1.165, 1.54) is 98.9 Å². The Labute approximate surface area is 406 Å². The van der Waals surface area contributed by atoms with Crippen LogP contribution in [0.1, 0.15) is 87.8 Å². The lowest BCUT2D eigenvalue weighted by molar-refractivity contribution is 0.572. The van der Waals surface area contributed by atoms with Crippen molar-refractivity contribution in [3.8, 4) is 44.5 Å². The van der Waals surface area contributed by atoms with Gasteiger partial charge in [0.2, 0.25) is 0 Å². The molecule has 0 unspecified atom stereocenters. The van der Waals surface area contributed by atoms with Crippen LogP contribution in [0.3, 0.4) is 0 Å². The lowest BCUT2D eigenvalue weighted by Gasteiger charge is -2.32. The molecule has 0 aliphatic heterocycles. The van der Waals surface area contributed by atoms with Crippen LogP contribution in [0.25, 0.3) is 100 Å². The second kappa shape index (κ2) is 13.6. The molecular formula is C66H50N2O2. The summed E-state index contributed by atoms with van der Waals surface area (Å²) in [6, 6.07) is 54.3. The lowest BCUT2D eigenvalue weighted by Crippen LogP contribution is -2.24. The molecule has 0 N–H and O–H groups in total. The average molecular weight is 903 g/mol. The number of nitrogens with zero attached hydrogens (tertiary/aromatic N) is 2. The molecule has 8 aromatic carbocycles. The minimum absolute atomic E-state index is 0.215. The zero-order chi connectivity index (χ0) is 47.0. The van der Waals surface area contributed by atoms with Gasteiger partial charge in [-0.15, -0.1) is 0 Å². The maximum atomic E-state index is 7.06. The maximum Gasteiger partial charge on any atom is 0.144 e. The molecule has 4 heteroatoms. The molecular weight excluding hydrogens is 853 g/mol. The third-order valence-corrected chi connectivity index (χ3v) is 16.9. The number of benzene rings is 8. The maximum absolute atomic E-state index is 7.06. The summed E-state index contributed by atoms with van der Waals surface area (Å²) in [5.41, 5.74) is 24.4. The summed E-state index contributed by atoms with van der Waals surface area (Å²) >= 11 is 0. The highest BCUT2D eigenvalue weighted by molar-refractivity contribution is 6.21. The number of anilines is 3. The van der Waals surface area contributed by atoms with E-state index in [2.05, 4.69) is 209 Å². The number of pyridine rings is 1. The van der Waals surface area contributed by atoms with Gasteiger partial charge in [-0.1, -0.05) is 133 Å². The summed E-state index contributed by atoms with van der Waals surface area (Å²) in [6.45, 7) is 14.5. The number of hydrogen-bond donors (Lipinski definition) is 0. The smallest absolute Gasteiger partial charge is 0.144 e. The van der Waals surface area contributed by atoms with Crippen LogP contribution in [0.15, 0.2) is 167 Å². The van der Waals surface area contributed by atoms with Gasteiger partial charge < -0.3 is 13.7 Å². The molecule has 0 radical (unpaired) electrons. The standard InChI is InChI=1S/C66H50N2O2/c1-64(2)50-34-41(25-27-44(50)55-52(64)36-48(38-29-31-67-32-30-38)62-57(55)46-18-10-13-21-53(46)69-62)68(40-24-23-37-15-7-8-16-39(37)33-40)42-26-28-45-51(35-42)66(5,6)61-59(45)63-58(47-19-11-14-22-54(47)70-63)56-43-17-9-12-20-49(43)65(3,4)60(56)61/h7-9,11-12,14-36H,10,13H2,1-6H3. The summed E-state index contributed by atoms with van der Waals surface area (Å²) in [6.07, 6.45) is 10.4. The van der Waals surface area contributed by atoms with E-state index in [9.17, 15) is 0 Å². The number of para-hydroxylation sites is 1. The van der Waals surface area contributed by atoms with Crippen LogP contribution >= 0.6 is 0 Å². The van der Waals surface area contributed by atoms with Crippen LogP contribution in [0.2, 0.25) is 0 Å². The Morgan fingerprint density at radius 3 is 1.90 bits per heavy atom. The molecule has 0 saturated heterocycles. The van der Waals surface area contributed by atoms with E-state index in [-0.39, 0.29) is 16.2 Å². The zero-order valence-corrected chi connectivity index (χ0v) is 40.3. The van der Waals surface area contributed by atoms with E-state index < -0.39 is 0 Å². The summed E-state index contributed by atoms with van der Waals surface area (Å²) in [7, 11) is 0. The van der Waals surface area contributed by atoms with Crippen molar-refractivity contribution in [2.45, 2.75) is 70.6 Å². The van der Waals surface area contributed by atoms with Gasteiger partial charge >= 0.3 is 0 Å². The Balaban J connectivity index is 0.962. The molecule has 0 bridgehead atoms. The second-order valence-corrected chi connectivity index (χ2v) is 21.7. The molecule has 4 aliphatic rings.